The third-order valence-corrected chi connectivity index (χ3v) is 4.23. The van der Waals surface area contributed by atoms with Crippen molar-refractivity contribution in [1.29, 1.82) is 0 Å². The lowest BCUT2D eigenvalue weighted by atomic mass is 9.71. The van der Waals surface area contributed by atoms with Crippen LogP contribution in [0.25, 0.3) is 0 Å². The zero-order chi connectivity index (χ0) is 11.6. The summed E-state index contributed by atoms with van der Waals surface area (Å²) in [6, 6.07) is 1.98. The number of nitrogens with zero attached hydrogens (tertiary/aromatic N) is 1. The first-order chi connectivity index (χ1) is 7.62. The maximum Gasteiger partial charge on any atom is 0.0621 e. The van der Waals surface area contributed by atoms with Crippen molar-refractivity contribution >= 4 is 11.6 Å². The van der Waals surface area contributed by atoms with Crippen molar-refractivity contribution < 1.29 is 0 Å². The summed E-state index contributed by atoms with van der Waals surface area (Å²) in [7, 11) is 0. The standard InChI is InChI=1S/C13H19ClN2/c1-10-4-2-3-6-13(10,15)8-11-5-7-16-9-12(11)14/h5,7,9-10H,2-4,6,8,15H2,1H3. The van der Waals surface area contributed by atoms with Gasteiger partial charge in [0, 0.05) is 17.9 Å². The molecule has 0 aliphatic heterocycles. The highest BCUT2D eigenvalue weighted by molar-refractivity contribution is 6.31. The maximum atomic E-state index is 6.52. The van der Waals surface area contributed by atoms with Crippen molar-refractivity contribution in [3.8, 4) is 0 Å². The van der Waals surface area contributed by atoms with E-state index in [-0.39, 0.29) is 5.54 Å². The molecule has 0 radical (unpaired) electrons. The van der Waals surface area contributed by atoms with Crippen LogP contribution < -0.4 is 5.73 Å². The molecule has 88 valence electrons. The summed E-state index contributed by atoms with van der Waals surface area (Å²) in [6.45, 7) is 2.26. The molecule has 1 fully saturated rings. The molecular weight excluding hydrogens is 220 g/mol. The van der Waals surface area contributed by atoms with E-state index >= 15 is 0 Å². The Balaban J connectivity index is 2.16. The Kier molecular flexibility index (Phi) is 3.50. The quantitative estimate of drug-likeness (QED) is 0.860. The van der Waals surface area contributed by atoms with Gasteiger partial charge in [-0.25, -0.2) is 0 Å². The minimum absolute atomic E-state index is 0.0801. The largest absolute Gasteiger partial charge is 0.325 e. The monoisotopic (exact) mass is 238 g/mol. The molecule has 0 bridgehead atoms. The molecule has 1 aliphatic carbocycles. The summed E-state index contributed by atoms with van der Waals surface area (Å²) in [6.07, 6.45) is 9.25. The Morgan fingerprint density at radius 2 is 2.38 bits per heavy atom. The van der Waals surface area contributed by atoms with Crippen molar-refractivity contribution in [2.24, 2.45) is 11.7 Å². The highest BCUT2D eigenvalue weighted by Crippen LogP contribution is 2.35. The Morgan fingerprint density at radius 3 is 3.06 bits per heavy atom. The van der Waals surface area contributed by atoms with Crippen molar-refractivity contribution in [2.45, 2.75) is 44.6 Å². The lowest BCUT2D eigenvalue weighted by molar-refractivity contribution is 0.204. The molecule has 2 atom stereocenters. The molecule has 0 aromatic carbocycles. The van der Waals surface area contributed by atoms with E-state index in [2.05, 4.69) is 11.9 Å². The summed E-state index contributed by atoms with van der Waals surface area (Å²) < 4.78 is 0. The van der Waals surface area contributed by atoms with Gasteiger partial charge >= 0.3 is 0 Å². The van der Waals surface area contributed by atoms with E-state index in [1.807, 2.05) is 6.07 Å². The molecule has 0 spiro atoms. The predicted molar refractivity (Wildman–Crippen MR) is 67.5 cm³/mol. The molecule has 1 heterocycles. The Labute approximate surface area is 102 Å². The molecule has 0 amide bonds. The molecule has 1 saturated carbocycles. The highest BCUT2D eigenvalue weighted by Gasteiger charge is 2.34. The van der Waals surface area contributed by atoms with Crippen LogP contribution in [0, 0.1) is 5.92 Å². The van der Waals surface area contributed by atoms with Crippen LogP contribution in [-0.4, -0.2) is 10.5 Å². The molecule has 0 saturated heterocycles. The third kappa shape index (κ3) is 2.38. The van der Waals surface area contributed by atoms with Gasteiger partial charge in [-0.1, -0.05) is 31.4 Å². The van der Waals surface area contributed by atoms with Gasteiger partial charge in [0.05, 0.1) is 5.02 Å². The lowest BCUT2D eigenvalue weighted by Crippen LogP contribution is -2.50. The van der Waals surface area contributed by atoms with Crippen molar-refractivity contribution in [2.75, 3.05) is 0 Å². The highest BCUT2D eigenvalue weighted by atomic mass is 35.5. The van der Waals surface area contributed by atoms with E-state index in [9.17, 15) is 0 Å². The van der Waals surface area contributed by atoms with E-state index in [4.69, 9.17) is 17.3 Å². The average Bonchev–Trinajstić information content (AvgIpc) is 2.26. The molecule has 1 aromatic rings. The second-order valence-corrected chi connectivity index (χ2v) is 5.43. The summed E-state index contributed by atoms with van der Waals surface area (Å²) in [5.41, 5.74) is 7.58. The van der Waals surface area contributed by atoms with Crippen molar-refractivity contribution in [3.05, 3.63) is 29.0 Å². The van der Waals surface area contributed by atoms with Gasteiger partial charge in [0.2, 0.25) is 0 Å². The summed E-state index contributed by atoms with van der Waals surface area (Å²) >= 11 is 6.14. The number of pyridine rings is 1. The van der Waals surface area contributed by atoms with Crippen LogP contribution in [0.4, 0.5) is 0 Å². The smallest absolute Gasteiger partial charge is 0.0621 e. The molecular formula is C13H19ClN2. The van der Waals surface area contributed by atoms with Gasteiger partial charge in [0.1, 0.15) is 0 Å². The molecule has 2 unspecified atom stereocenters. The fraction of sp³-hybridized carbons (Fsp3) is 0.615. The van der Waals surface area contributed by atoms with Crippen LogP contribution in [-0.2, 0) is 6.42 Å². The van der Waals surface area contributed by atoms with Crippen LogP contribution >= 0.6 is 11.6 Å². The van der Waals surface area contributed by atoms with Crippen LogP contribution in [0.5, 0.6) is 0 Å². The number of nitrogens with two attached hydrogens (primary N) is 1. The zero-order valence-electron chi connectivity index (χ0n) is 9.75. The first-order valence-corrected chi connectivity index (χ1v) is 6.37. The third-order valence-electron chi connectivity index (χ3n) is 3.89. The van der Waals surface area contributed by atoms with E-state index in [1.165, 1.54) is 19.3 Å². The Morgan fingerprint density at radius 1 is 1.56 bits per heavy atom. The lowest BCUT2D eigenvalue weighted by Gasteiger charge is -2.39. The van der Waals surface area contributed by atoms with E-state index in [1.54, 1.807) is 12.4 Å². The fourth-order valence-corrected chi connectivity index (χ4v) is 2.79. The molecule has 1 aliphatic rings. The van der Waals surface area contributed by atoms with Gasteiger partial charge in [0.15, 0.2) is 0 Å². The van der Waals surface area contributed by atoms with Crippen molar-refractivity contribution in [3.63, 3.8) is 0 Å². The van der Waals surface area contributed by atoms with Gasteiger partial charge in [-0.15, -0.1) is 0 Å². The van der Waals surface area contributed by atoms with Crippen LogP contribution in [0.15, 0.2) is 18.5 Å². The first kappa shape index (κ1) is 11.9. The van der Waals surface area contributed by atoms with Gasteiger partial charge in [-0.05, 0) is 36.8 Å². The minimum Gasteiger partial charge on any atom is -0.325 e. The number of aromatic nitrogens is 1. The van der Waals surface area contributed by atoms with Crippen LogP contribution in [0.2, 0.25) is 5.02 Å². The number of halogens is 1. The first-order valence-electron chi connectivity index (χ1n) is 5.99. The molecule has 2 N–H and O–H groups in total. The van der Waals surface area contributed by atoms with Crippen molar-refractivity contribution in [1.82, 2.24) is 4.98 Å². The number of hydrogen-bond donors (Lipinski definition) is 1. The molecule has 16 heavy (non-hydrogen) atoms. The van der Waals surface area contributed by atoms with Gasteiger partial charge < -0.3 is 5.73 Å². The van der Waals surface area contributed by atoms with Crippen LogP contribution in [0.1, 0.15) is 38.2 Å². The SMILES string of the molecule is CC1CCCCC1(N)Cc1ccncc1Cl. The van der Waals surface area contributed by atoms with Gasteiger partial charge in [-0.3, -0.25) is 4.98 Å². The normalized spacial score (nSPS) is 30.3. The maximum absolute atomic E-state index is 6.52. The number of rotatable bonds is 2. The molecule has 1 aromatic heterocycles. The topological polar surface area (TPSA) is 38.9 Å². The van der Waals surface area contributed by atoms with Crippen LogP contribution in [0.3, 0.4) is 0 Å². The average molecular weight is 239 g/mol. The second-order valence-electron chi connectivity index (χ2n) is 5.02. The summed E-state index contributed by atoms with van der Waals surface area (Å²) in [5, 5.41) is 0.741. The molecule has 2 nitrogen and oxygen atoms in total. The minimum atomic E-state index is -0.0801. The summed E-state index contributed by atoms with van der Waals surface area (Å²) in [4.78, 5) is 4.01. The van der Waals surface area contributed by atoms with E-state index in [0.717, 1.165) is 23.4 Å². The van der Waals surface area contributed by atoms with E-state index < -0.39 is 0 Å². The fourth-order valence-electron chi connectivity index (χ4n) is 2.60. The van der Waals surface area contributed by atoms with E-state index in [0.29, 0.717) is 5.92 Å². The summed E-state index contributed by atoms with van der Waals surface area (Å²) in [5.74, 6) is 0.575. The molecule has 2 rings (SSSR count). The second kappa shape index (κ2) is 4.72. The van der Waals surface area contributed by atoms with Gasteiger partial charge in [-0.2, -0.15) is 0 Å². The number of hydrogen-bond acceptors (Lipinski definition) is 2. The zero-order valence-corrected chi connectivity index (χ0v) is 10.5. The van der Waals surface area contributed by atoms with Gasteiger partial charge in [0.25, 0.3) is 0 Å². The Hall–Kier alpha value is -0.600. The molecule has 3 heteroatoms. The predicted octanol–water partition coefficient (Wildman–Crippen LogP) is 3.19. The Bertz CT molecular complexity index is 367.